The number of pyridine rings is 1. The summed E-state index contributed by atoms with van der Waals surface area (Å²) in [5.74, 6) is 1.27. The van der Waals surface area contributed by atoms with Crippen LogP contribution in [0.3, 0.4) is 0 Å². The zero-order chi connectivity index (χ0) is 21.9. The van der Waals surface area contributed by atoms with Crippen LogP contribution in [0.5, 0.6) is 5.75 Å². The number of carbonyl (C=O) groups excluding carboxylic acids is 1. The fourth-order valence-corrected chi connectivity index (χ4v) is 5.13. The Morgan fingerprint density at radius 2 is 1.88 bits per heavy atom. The molecule has 32 heavy (non-hydrogen) atoms. The molecule has 0 bridgehead atoms. The van der Waals surface area contributed by atoms with Gasteiger partial charge < -0.3 is 4.74 Å². The van der Waals surface area contributed by atoms with Crippen LogP contribution in [0, 0.1) is 5.92 Å². The van der Waals surface area contributed by atoms with Gasteiger partial charge >= 0.3 is 0 Å². The van der Waals surface area contributed by atoms with Crippen LogP contribution < -0.4 is 10.1 Å². The van der Waals surface area contributed by atoms with Crippen molar-refractivity contribution in [1.82, 2.24) is 15.2 Å². The Balaban J connectivity index is 1.43. The fourth-order valence-electron chi connectivity index (χ4n) is 4.29. The lowest BCUT2D eigenvalue weighted by Gasteiger charge is -2.10. The Hall–Kier alpha value is -3.32. The van der Waals surface area contributed by atoms with Crippen LogP contribution >= 0.6 is 11.3 Å². The number of carbonyl (C=O) groups is 1. The second kappa shape index (κ2) is 9.04. The molecule has 6 nitrogen and oxygen atoms in total. The topological polar surface area (TPSA) is 77.0 Å². The summed E-state index contributed by atoms with van der Waals surface area (Å²) in [6.07, 6.45) is 6.08. The van der Waals surface area contributed by atoms with Crippen molar-refractivity contribution in [2.45, 2.75) is 32.1 Å². The highest BCUT2D eigenvalue weighted by Crippen LogP contribution is 2.30. The van der Waals surface area contributed by atoms with E-state index in [9.17, 15) is 4.79 Å². The average molecular weight is 445 g/mol. The van der Waals surface area contributed by atoms with Crippen molar-refractivity contribution in [3.63, 3.8) is 0 Å². The molecule has 162 valence electrons. The number of rotatable bonds is 6. The van der Waals surface area contributed by atoms with E-state index < -0.39 is 0 Å². The highest BCUT2D eigenvalue weighted by Gasteiger charge is 2.19. The molecule has 5 rings (SSSR count). The van der Waals surface area contributed by atoms with E-state index in [1.165, 1.54) is 37.0 Å². The normalized spacial score (nSPS) is 14.0. The maximum Gasteiger partial charge on any atom is 0.258 e. The van der Waals surface area contributed by atoms with Gasteiger partial charge in [-0.3, -0.25) is 10.1 Å². The number of hydrogen-bond acceptors (Lipinski definition) is 6. The van der Waals surface area contributed by atoms with Gasteiger partial charge in [0.1, 0.15) is 10.8 Å². The van der Waals surface area contributed by atoms with Gasteiger partial charge in [0, 0.05) is 17.4 Å². The van der Waals surface area contributed by atoms with Crippen molar-refractivity contribution in [1.29, 1.82) is 0 Å². The molecule has 2 aromatic carbocycles. The van der Waals surface area contributed by atoms with Gasteiger partial charge in [0.15, 0.2) is 0 Å². The third-order valence-corrected chi connectivity index (χ3v) is 6.83. The molecule has 2 aromatic heterocycles. The lowest BCUT2D eigenvalue weighted by molar-refractivity contribution is 0.102. The summed E-state index contributed by atoms with van der Waals surface area (Å²) < 4.78 is 5.25. The number of anilines is 1. The van der Waals surface area contributed by atoms with E-state index in [1.54, 1.807) is 7.11 Å². The first kappa shape index (κ1) is 20.6. The molecular formula is C25H24N4O2S. The second-order valence-corrected chi connectivity index (χ2v) is 9.17. The van der Waals surface area contributed by atoms with Gasteiger partial charge in [-0.15, -0.1) is 10.2 Å². The molecule has 4 aromatic rings. The lowest BCUT2D eigenvalue weighted by atomic mass is 10.0. The summed E-state index contributed by atoms with van der Waals surface area (Å²) in [6.45, 7) is 0. The van der Waals surface area contributed by atoms with Gasteiger partial charge in [-0.05, 0) is 42.3 Å². The van der Waals surface area contributed by atoms with Crippen LogP contribution in [-0.4, -0.2) is 28.2 Å². The van der Waals surface area contributed by atoms with Gasteiger partial charge in [-0.2, -0.15) is 0 Å². The number of methoxy groups -OCH3 is 1. The minimum absolute atomic E-state index is 0.207. The smallest absolute Gasteiger partial charge is 0.258 e. The SMILES string of the molecule is COc1ccc(-c2cc(C(=O)Nc3nnc(CC4CCCC4)s3)c3ccccc3n2)cc1. The Morgan fingerprint density at radius 1 is 1.09 bits per heavy atom. The summed E-state index contributed by atoms with van der Waals surface area (Å²) in [5, 5.41) is 13.8. The van der Waals surface area contributed by atoms with Crippen LogP contribution in [-0.2, 0) is 6.42 Å². The van der Waals surface area contributed by atoms with Crippen molar-refractivity contribution >= 4 is 33.3 Å². The predicted molar refractivity (Wildman–Crippen MR) is 127 cm³/mol. The van der Waals surface area contributed by atoms with Crippen LogP contribution in [0.1, 0.15) is 41.0 Å². The van der Waals surface area contributed by atoms with Crippen LogP contribution in [0.15, 0.2) is 54.6 Å². The average Bonchev–Trinajstić information content (AvgIpc) is 3.51. The van der Waals surface area contributed by atoms with E-state index in [0.29, 0.717) is 16.6 Å². The van der Waals surface area contributed by atoms with Crippen molar-refractivity contribution in [3.8, 4) is 17.0 Å². The van der Waals surface area contributed by atoms with Crippen LogP contribution in [0.2, 0.25) is 0 Å². The van der Waals surface area contributed by atoms with Crippen molar-refractivity contribution < 1.29 is 9.53 Å². The Morgan fingerprint density at radius 3 is 2.66 bits per heavy atom. The highest BCUT2D eigenvalue weighted by atomic mass is 32.1. The minimum atomic E-state index is -0.207. The monoisotopic (exact) mass is 444 g/mol. The maximum absolute atomic E-state index is 13.2. The standard InChI is InChI=1S/C25H24N4O2S/c1-31-18-12-10-17(11-13-18)22-15-20(19-8-4-5-9-21(19)26-22)24(30)27-25-29-28-23(32-25)14-16-6-2-3-7-16/h4-5,8-13,15-16H,2-3,6-7,14H2,1H3,(H,27,29,30). The number of aromatic nitrogens is 3. The van der Waals surface area contributed by atoms with Crippen LogP contribution in [0.25, 0.3) is 22.2 Å². The molecule has 0 aliphatic heterocycles. The predicted octanol–water partition coefficient (Wildman–Crippen LogP) is 5.75. The summed E-state index contributed by atoms with van der Waals surface area (Å²) in [5.41, 5.74) is 2.98. The van der Waals surface area contributed by atoms with Crippen molar-refractivity contribution in [2.75, 3.05) is 12.4 Å². The lowest BCUT2D eigenvalue weighted by Crippen LogP contribution is -2.13. The number of ether oxygens (including phenoxy) is 1. The zero-order valence-corrected chi connectivity index (χ0v) is 18.7. The Bertz CT molecular complexity index is 1250. The fraction of sp³-hybridized carbons (Fsp3) is 0.280. The van der Waals surface area contributed by atoms with E-state index in [0.717, 1.165) is 39.3 Å². The molecule has 0 spiro atoms. The summed E-state index contributed by atoms with van der Waals surface area (Å²) in [4.78, 5) is 18.0. The maximum atomic E-state index is 13.2. The number of nitrogens with one attached hydrogen (secondary N) is 1. The van der Waals surface area contributed by atoms with E-state index in [2.05, 4.69) is 15.5 Å². The highest BCUT2D eigenvalue weighted by molar-refractivity contribution is 7.15. The number of nitrogens with zero attached hydrogens (tertiary/aromatic N) is 3. The molecule has 1 amide bonds. The molecule has 1 N–H and O–H groups in total. The first-order chi connectivity index (χ1) is 15.7. The number of fused-ring (bicyclic) bond motifs is 1. The number of benzene rings is 2. The quantitative estimate of drug-likeness (QED) is 0.410. The number of hydrogen-bond donors (Lipinski definition) is 1. The molecule has 0 unspecified atom stereocenters. The van der Waals surface area contributed by atoms with E-state index in [4.69, 9.17) is 9.72 Å². The Kier molecular flexibility index (Phi) is 5.81. The zero-order valence-electron chi connectivity index (χ0n) is 17.9. The van der Waals surface area contributed by atoms with Crippen LogP contribution in [0.4, 0.5) is 5.13 Å². The number of amides is 1. The largest absolute Gasteiger partial charge is 0.497 e. The second-order valence-electron chi connectivity index (χ2n) is 8.11. The van der Waals surface area contributed by atoms with Gasteiger partial charge in [-0.1, -0.05) is 55.2 Å². The van der Waals surface area contributed by atoms with E-state index in [1.807, 2.05) is 54.6 Å². The molecule has 7 heteroatoms. The molecule has 0 radical (unpaired) electrons. The number of para-hydroxylation sites is 1. The molecule has 1 saturated carbocycles. The third kappa shape index (κ3) is 4.34. The molecule has 1 aliphatic rings. The molecular weight excluding hydrogens is 420 g/mol. The van der Waals surface area contributed by atoms with E-state index in [-0.39, 0.29) is 5.91 Å². The first-order valence-corrected chi connectivity index (χ1v) is 11.7. The van der Waals surface area contributed by atoms with Crippen molar-refractivity contribution in [2.24, 2.45) is 5.92 Å². The Labute approximate surface area is 190 Å². The molecule has 0 saturated heterocycles. The van der Waals surface area contributed by atoms with Gasteiger partial charge in [0.05, 0.1) is 23.9 Å². The summed E-state index contributed by atoms with van der Waals surface area (Å²) in [6, 6.07) is 17.2. The third-order valence-electron chi connectivity index (χ3n) is 5.97. The summed E-state index contributed by atoms with van der Waals surface area (Å²) in [7, 11) is 1.64. The van der Waals surface area contributed by atoms with E-state index >= 15 is 0 Å². The van der Waals surface area contributed by atoms with Gasteiger partial charge in [0.25, 0.3) is 5.91 Å². The minimum Gasteiger partial charge on any atom is -0.497 e. The first-order valence-electron chi connectivity index (χ1n) is 10.9. The summed E-state index contributed by atoms with van der Waals surface area (Å²) >= 11 is 1.47. The molecule has 0 atom stereocenters. The molecule has 1 fully saturated rings. The molecule has 2 heterocycles. The van der Waals surface area contributed by atoms with Gasteiger partial charge in [0.2, 0.25) is 5.13 Å². The van der Waals surface area contributed by atoms with Crippen molar-refractivity contribution in [3.05, 3.63) is 65.2 Å². The van der Waals surface area contributed by atoms with Gasteiger partial charge in [-0.25, -0.2) is 4.98 Å². The molecule has 1 aliphatic carbocycles.